The summed E-state index contributed by atoms with van der Waals surface area (Å²) in [5.41, 5.74) is 3.81. The molecule has 2 atom stereocenters. The summed E-state index contributed by atoms with van der Waals surface area (Å²) in [6.07, 6.45) is 3.64. The predicted molar refractivity (Wildman–Crippen MR) is 151 cm³/mol. The topological polar surface area (TPSA) is 108 Å². The number of ketones is 1. The number of methoxy groups -OCH3 is 1. The lowest BCUT2D eigenvalue weighted by atomic mass is 9.72. The quantitative estimate of drug-likeness (QED) is 0.299. The Balaban J connectivity index is 1.43. The van der Waals surface area contributed by atoms with Crippen molar-refractivity contribution >= 4 is 22.7 Å². The summed E-state index contributed by atoms with van der Waals surface area (Å²) in [4.78, 5) is 41.4. The number of esters is 1. The van der Waals surface area contributed by atoms with Crippen LogP contribution in [0.2, 0.25) is 0 Å². The van der Waals surface area contributed by atoms with E-state index < -0.39 is 11.9 Å². The van der Waals surface area contributed by atoms with E-state index in [1.807, 2.05) is 31.2 Å². The Bertz CT molecular complexity index is 1770. The first-order valence-electron chi connectivity index (χ1n) is 13.4. The van der Waals surface area contributed by atoms with Gasteiger partial charge in [0.25, 0.3) is 0 Å². The number of carbonyl (C=O) groups excluding carboxylic acids is 2. The van der Waals surface area contributed by atoms with Crippen molar-refractivity contribution in [2.45, 2.75) is 45.1 Å². The van der Waals surface area contributed by atoms with Gasteiger partial charge in [-0.1, -0.05) is 23.8 Å². The van der Waals surface area contributed by atoms with Gasteiger partial charge in [-0.15, -0.1) is 0 Å². The Kier molecular flexibility index (Phi) is 6.83. The fourth-order valence-electron chi connectivity index (χ4n) is 5.75. The average Bonchev–Trinajstić information content (AvgIpc) is 3.51. The van der Waals surface area contributed by atoms with Crippen molar-refractivity contribution in [3.8, 4) is 5.75 Å². The lowest BCUT2D eigenvalue weighted by molar-refractivity contribution is -0.140. The summed E-state index contributed by atoms with van der Waals surface area (Å²) < 4.78 is 22.4. The highest BCUT2D eigenvalue weighted by molar-refractivity contribution is 6.04. The van der Waals surface area contributed by atoms with E-state index >= 15 is 0 Å². The number of hydrogen-bond donors (Lipinski definition) is 1. The van der Waals surface area contributed by atoms with E-state index in [1.54, 1.807) is 50.6 Å². The number of ether oxygens (including phenoxy) is 2. The van der Waals surface area contributed by atoms with Crippen LogP contribution in [0.15, 0.2) is 103 Å². The third-order valence-corrected chi connectivity index (χ3v) is 7.79. The van der Waals surface area contributed by atoms with Gasteiger partial charge in [-0.05, 0) is 62.2 Å². The standard InChI is InChI=1S/C33H29NO7/c1-18-6-11-28-23(13-18)32(36)24(17-40-28)30-29(33(37)41-16-20-7-9-22(38-3)10-8-20)19(2)34-25-14-21(15-26(35)31(25)30)27-5-4-12-39-27/h4-13,17,21,30,34H,14-16H2,1-3H3/t21-,30-/m0/s1. The van der Waals surface area contributed by atoms with Crippen LogP contribution in [-0.2, 0) is 20.9 Å². The molecule has 3 heterocycles. The third kappa shape index (κ3) is 4.86. The SMILES string of the molecule is COc1ccc(COC(=O)C2=C(C)NC3=C(C(=O)C[C@@H](c4ccco4)C3)[C@H]2c2coc3ccc(C)cc3c2=O)cc1. The molecule has 208 valence electrons. The third-order valence-electron chi connectivity index (χ3n) is 7.79. The van der Waals surface area contributed by atoms with Crippen molar-refractivity contribution in [1.82, 2.24) is 5.32 Å². The van der Waals surface area contributed by atoms with Gasteiger partial charge in [-0.25, -0.2) is 4.79 Å². The van der Waals surface area contributed by atoms with Gasteiger partial charge < -0.3 is 23.6 Å². The first kappa shape index (κ1) is 26.4. The van der Waals surface area contributed by atoms with Crippen LogP contribution >= 0.6 is 0 Å². The molecule has 0 amide bonds. The Morgan fingerprint density at radius 1 is 1.02 bits per heavy atom. The molecule has 2 aromatic heterocycles. The van der Waals surface area contributed by atoms with E-state index in [0.29, 0.717) is 40.1 Å². The normalized spacial score (nSPS) is 18.8. The van der Waals surface area contributed by atoms with E-state index in [2.05, 4.69) is 5.32 Å². The monoisotopic (exact) mass is 551 g/mol. The van der Waals surface area contributed by atoms with Gasteiger partial charge >= 0.3 is 5.97 Å². The maximum Gasteiger partial charge on any atom is 0.337 e. The first-order chi connectivity index (χ1) is 19.8. The molecule has 0 radical (unpaired) electrons. The molecule has 0 fully saturated rings. The molecule has 1 N–H and O–H groups in total. The highest BCUT2D eigenvalue weighted by Gasteiger charge is 2.43. The molecule has 0 bridgehead atoms. The summed E-state index contributed by atoms with van der Waals surface area (Å²) in [5.74, 6) is -0.474. The molecule has 2 aromatic carbocycles. The van der Waals surface area contributed by atoms with Crippen molar-refractivity contribution in [2.75, 3.05) is 7.11 Å². The van der Waals surface area contributed by atoms with Gasteiger partial charge in [0, 0.05) is 34.9 Å². The predicted octanol–water partition coefficient (Wildman–Crippen LogP) is 5.81. The van der Waals surface area contributed by atoms with Crippen LogP contribution in [-0.4, -0.2) is 18.9 Å². The highest BCUT2D eigenvalue weighted by Crippen LogP contribution is 2.45. The Morgan fingerprint density at radius 3 is 2.56 bits per heavy atom. The number of dihydropyridines is 1. The molecular formula is C33H29NO7. The summed E-state index contributed by atoms with van der Waals surface area (Å²) in [6, 6.07) is 16.2. The molecule has 1 aliphatic heterocycles. The summed E-state index contributed by atoms with van der Waals surface area (Å²) in [7, 11) is 1.58. The Morgan fingerprint density at radius 2 is 1.83 bits per heavy atom. The number of hydrogen-bond acceptors (Lipinski definition) is 8. The van der Waals surface area contributed by atoms with Gasteiger partial charge in [0.1, 0.15) is 23.7 Å². The first-order valence-corrected chi connectivity index (χ1v) is 13.4. The van der Waals surface area contributed by atoms with E-state index in [4.69, 9.17) is 18.3 Å². The minimum atomic E-state index is -0.944. The molecule has 4 aromatic rings. The zero-order chi connectivity index (χ0) is 28.7. The minimum Gasteiger partial charge on any atom is -0.497 e. The van der Waals surface area contributed by atoms with Crippen LogP contribution < -0.4 is 15.5 Å². The maximum absolute atomic E-state index is 13.9. The Hall–Kier alpha value is -4.85. The summed E-state index contributed by atoms with van der Waals surface area (Å²) in [5, 5.41) is 3.69. The summed E-state index contributed by atoms with van der Waals surface area (Å²) in [6.45, 7) is 3.66. The smallest absolute Gasteiger partial charge is 0.337 e. The molecular weight excluding hydrogens is 522 g/mol. The molecule has 8 nitrogen and oxygen atoms in total. The largest absolute Gasteiger partial charge is 0.497 e. The van der Waals surface area contributed by atoms with Crippen LogP contribution in [0.1, 0.15) is 54.1 Å². The number of rotatable bonds is 6. The Labute approximate surface area is 236 Å². The van der Waals surface area contributed by atoms with Crippen LogP contribution in [0.25, 0.3) is 11.0 Å². The van der Waals surface area contributed by atoms with Gasteiger partial charge in [-0.2, -0.15) is 0 Å². The number of Topliss-reactive ketones (excluding diaryl/α,β-unsaturated/α-hetero) is 1. The molecule has 0 spiro atoms. The summed E-state index contributed by atoms with van der Waals surface area (Å²) >= 11 is 0. The van der Waals surface area contributed by atoms with Gasteiger partial charge in [0.15, 0.2) is 11.2 Å². The van der Waals surface area contributed by atoms with Crippen LogP contribution in [0.3, 0.4) is 0 Å². The van der Waals surface area contributed by atoms with Crippen LogP contribution in [0.5, 0.6) is 5.75 Å². The molecule has 2 aliphatic rings. The van der Waals surface area contributed by atoms with Crippen molar-refractivity contribution < 1.29 is 27.9 Å². The molecule has 0 saturated heterocycles. The van der Waals surface area contributed by atoms with Gasteiger partial charge in [0.2, 0.25) is 0 Å². The van der Waals surface area contributed by atoms with E-state index in [9.17, 15) is 14.4 Å². The number of benzene rings is 2. The van der Waals surface area contributed by atoms with Crippen LogP contribution in [0.4, 0.5) is 0 Å². The second-order valence-corrected chi connectivity index (χ2v) is 10.5. The number of fused-ring (bicyclic) bond motifs is 1. The average molecular weight is 552 g/mol. The lowest BCUT2D eigenvalue weighted by Crippen LogP contribution is -2.37. The number of carbonyl (C=O) groups is 2. The van der Waals surface area contributed by atoms with E-state index in [-0.39, 0.29) is 41.3 Å². The molecule has 6 rings (SSSR count). The molecule has 1 aliphatic carbocycles. The number of furan rings is 1. The minimum absolute atomic E-state index is 0.0122. The molecule has 8 heteroatoms. The van der Waals surface area contributed by atoms with Crippen molar-refractivity contribution in [3.05, 3.63) is 122 Å². The van der Waals surface area contributed by atoms with E-state index in [0.717, 1.165) is 16.9 Å². The second kappa shape index (κ2) is 10.6. The van der Waals surface area contributed by atoms with Gasteiger partial charge in [-0.3, -0.25) is 9.59 Å². The second-order valence-electron chi connectivity index (χ2n) is 10.5. The molecule has 41 heavy (non-hydrogen) atoms. The number of nitrogens with one attached hydrogen (secondary N) is 1. The molecule has 0 saturated carbocycles. The fraction of sp³-hybridized carbons (Fsp3) is 0.242. The molecule has 0 unspecified atom stereocenters. The van der Waals surface area contributed by atoms with Crippen molar-refractivity contribution in [3.63, 3.8) is 0 Å². The van der Waals surface area contributed by atoms with Crippen molar-refractivity contribution in [1.29, 1.82) is 0 Å². The zero-order valence-corrected chi connectivity index (χ0v) is 23.0. The lowest BCUT2D eigenvalue weighted by Gasteiger charge is -2.35. The highest BCUT2D eigenvalue weighted by atomic mass is 16.5. The zero-order valence-electron chi connectivity index (χ0n) is 23.0. The maximum atomic E-state index is 13.9. The number of allylic oxidation sites excluding steroid dienone is 3. The fourth-order valence-corrected chi connectivity index (χ4v) is 5.75. The van der Waals surface area contributed by atoms with Crippen LogP contribution in [0, 0.1) is 6.92 Å². The van der Waals surface area contributed by atoms with Gasteiger partial charge in [0.05, 0.1) is 36.5 Å². The van der Waals surface area contributed by atoms with E-state index in [1.165, 1.54) is 6.26 Å². The number of aryl methyl sites for hydroxylation is 1. The van der Waals surface area contributed by atoms with Crippen molar-refractivity contribution in [2.24, 2.45) is 0 Å².